The summed E-state index contributed by atoms with van der Waals surface area (Å²) >= 11 is 0. The molecule has 1 aliphatic rings. The van der Waals surface area contributed by atoms with Crippen LogP contribution in [-0.2, 0) is 20.9 Å². The average Bonchev–Trinajstić information content (AvgIpc) is 3.07. The fourth-order valence-electron chi connectivity index (χ4n) is 3.90. The van der Waals surface area contributed by atoms with Crippen LogP contribution in [0.4, 0.5) is 4.39 Å². The Labute approximate surface area is 181 Å². The maximum atomic E-state index is 13.1. The summed E-state index contributed by atoms with van der Waals surface area (Å²) in [6.07, 6.45) is 4.70. The van der Waals surface area contributed by atoms with E-state index in [0.717, 1.165) is 11.3 Å². The van der Waals surface area contributed by atoms with Crippen LogP contribution in [0.25, 0.3) is 5.69 Å². The molecule has 2 aromatic rings. The summed E-state index contributed by atoms with van der Waals surface area (Å²) in [5, 5.41) is 7.16. The molecule has 0 unspecified atom stereocenters. The standard InChI is InChI=1S/C22H28FN5O3/c1-15(29)25-20-7-4-18(13-27(14-20)16(2)30)22(31)26(3)11-17-10-24-28(12-17)21-8-5-19(23)6-9-21/h5-6,8-10,12,18,20H,4,7,11,13-14H2,1-3H3,(H,25,29)/t18-,20+/m1/s1. The number of carbonyl (C=O) groups is 3. The Morgan fingerprint density at radius 2 is 1.87 bits per heavy atom. The van der Waals surface area contributed by atoms with Gasteiger partial charge in [-0.05, 0) is 37.1 Å². The number of nitrogens with zero attached hydrogens (tertiary/aromatic N) is 4. The van der Waals surface area contributed by atoms with Gasteiger partial charge in [-0.25, -0.2) is 9.07 Å². The lowest BCUT2D eigenvalue weighted by molar-refractivity contribution is -0.137. The van der Waals surface area contributed by atoms with Gasteiger partial charge >= 0.3 is 0 Å². The fraction of sp³-hybridized carbons (Fsp3) is 0.455. The highest BCUT2D eigenvalue weighted by Gasteiger charge is 2.31. The van der Waals surface area contributed by atoms with Gasteiger partial charge in [-0.2, -0.15) is 5.10 Å². The van der Waals surface area contributed by atoms with E-state index in [1.54, 1.807) is 46.1 Å². The van der Waals surface area contributed by atoms with Gasteiger partial charge in [-0.15, -0.1) is 0 Å². The van der Waals surface area contributed by atoms with Gasteiger partial charge in [-0.3, -0.25) is 14.4 Å². The minimum Gasteiger partial charge on any atom is -0.352 e. The van der Waals surface area contributed by atoms with Crippen LogP contribution in [0.15, 0.2) is 36.7 Å². The Bertz CT molecular complexity index is 943. The monoisotopic (exact) mass is 429 g/mol. The molecule has 0 spiro atoms. The minimum absolute atomic E-state index is 0.0516. The maximum Gasteiger partial charge on any atom is 0.227 e. The molecule has 2 heterocycles. The average molecular weight is 429 g/mol. The zero-order valence-electron chi connectivity index (χ0n) is 18.0. The van der Waals surface area contributed by atoms with Crippen molar-refractivity contribution in [1.29, 1.82) is 0 Å². The molecule has 1 saturated heterocycles. The molecule has 166 valence electrons. The van der Waals surface area contributed by atoms with Crippen LogP contribution in [-0.4, -0.2) is 63.5 Å². The van der Waals surface area contributed by atoms with E-state index in [2.05, 4.69) is 10.4 Å². The van der Waals surface area contributed by atoms with Crippen molar-refractivity contribution in [1.82, 2.24) is 24.9 Å². The molecule has 3 rings (SSSR count). The number of hydrogen-bond acceptors (Lipinski definition) is 4. The van der Waals surface area contributed by atoms with Crippen LogP contribution < -0.4 is 5.32 Å². The molecule has 8 nitrogen and oxygen atoms in total. The predicted octanol–water partition coefficient (Wildman–Crippen LogP) is 1.73. The molecule has 2 atom stereocenters. The molecular formula is C22H28FN5O3. The van der Waals surface area contributed by atoms with E-state index in [-0.39, 0.29) is 35.5 Å². The molecule has 1 fully saturated rings. The number of hydrogen-bond donors (Lipinski definition) is 1. The number of carbonyl (C=O) groups excluding carboxylic acids is 3. The summed E-state index contributed by atoms with van der Waals surface area (Å²) in [5.74, 6) is -0.957. The Morgan fingerprint density at radius 1 is 1.16 bits per heavy atom. The number of aromatic nitrogens is 2. The lowest BCUT2D eigenvalue weighted by Crippen LogP contribution is -2.44. The van der Waals surface area contributed by atoms with Crippen molar-refractivity contribution in [2.75, 3.05) is 20.1 Å². The van der Waals surface area contributed by atoms with E-state index >= 15 is 0 Å². The van der Waals surface area contributed by atoms with Crippen molar-refractivity contribution in [3.8, 4) is 5.69 Å². The summed E-state index contributed by atoms with van der Waals surface area (Å²) in [6, 6.07) is 5.85. The molecule has 0 radical (unpaired) electrons. The zero-order valence-corrected chi connectivity index (χ0v) is 18.0. The zero-order chi connectivity index (χ0) is 22.5. The molecule has 0 saturated carbocycles. The van der Waals surface area contributed by atoms with E-state index in [9.17, 15) is 18.8 Å². The van der Waals surface area contributed by atoms with Crippen LogP contribution in [0, 0.1) is 11.7 Å². The second kappa shape index (κ2) is 9.72. The third kappa shape index (κ3) is 5.90. The minimum atomic E-state index is -0.334. The van der Waals surface area contributed by atoms with Gasteiger partial charge in [0.1, 0.15) is 5.82 Å². The van der Waals surface area contributed by atoms with Gasteiger partial charge in [0.25, 0.3) is 0 Å². The molecule has 1 N–H and O–H groups in total. The number of benzene rings is 1. The van der Waals surface area contributed by atoms with Gasteiger partial charge in [0.05, 0.1) is 17.8 Å². The smallest absolute Gasteiger partial charge is 0.227 e. The van der Waals surface area contributed by atoms with Crippen LogP contribution in [0.2, 0.25) is 0 Å². The van der Waals surface area contributed by atoms with Gasteiger partial charge in [0.15, 0.2) is 0 Å². The van der Waals surface area contributed by atoms with Crippen LogP contribution in [0.3, 0.4) is 0 Å². The first-order valence-corrected chi connectivity index (χ1v) is 10.3. The van der Waals surface area contributed by atoms with Gasteiger partial charge < -0.3 is 15.1 Å². The van der Waals surface area contributed by atoms with Crippen molar-refractivity contribution in [3.05, 3.63) is 48.0 Å². The predicted molar refractivity (Wildman–Crippen MR) is 113 cm³/mol. The van der Waals surface area contributed by atoms with Crippen molar-refractivity contribution >= 4 is 17.7 Å². The number of likely N-dealkylation sites (tertiary alicyclic amines) is 1. The van der Waals surface area contributed by atoms with Gasteiger partial charge in [0.2, 0.25) is 17.7 Å². The van der Waals surface area contributed by atoms with Gasteiger partial charge in [-0.1, -0.05) is 0 Å². The Hall–Kier alpha value is -3.23. The summed E-state index contributed by atoms with van der Waals surface area (Å²) in [7, 11) is 1.73. The van der Waals surface area contributed by atoms with Crippen LogP contribution >= 0.6 is 0 Å². The normalized spacial score (nSPS) is 18.9. The first-order chi connectivity index (χ1) is 14.7. The quantitative estimate of drug-likeness (QED) is 0.784. The fourth-order valence-corrected chi connectivity index (χ4v) is 3.90. The molecule has 1 aromatic carbocycles. The Balaban J connectivity index is 1.65. The third-order valence-electron chi connectivity index (χ3n) is 5.47. The highest BCUT2D eigenvalue weighted by atomic mass is 19.1. The Kier molecular flexibility index (Phi) is 7.04. The highest BCUT2D eigenvalue weighted by Crippen LogP contribution is 2.20. The van der Waals surface area contributed by atoms with Crippen LogP contribution in [0.1, 0.15) is 32.3 Å². The first-order valence-electron chi connectivity index (χ1n) is 10.3. The van der Waals surface area contributed by atoms with Crippen molar-refractivity contribution in [2.24, 2.45) is 5.92 Å². The Morgan fingerprint density at radius 3 is 2.52 bits per heavy atom. The molecule has 0 aliphatic carbocycles. The molecule has 1 aromatic heterocycles. The van der Waals surface area contributed by atoms with E-state index in [1.165, 1.54) is 26.0 Å². The molecule has 0 bridgehead atoms. The van der Waals surface area contributed by atoms with E-state index in [1.807, 2.05) is 0 Å². The molecule has 1 aliphatic heterocycles. The first kappa shape index (κ1) is 22.5. The lowest BCUT2D eigenvalue weighted by atomic mass is 10.00. The number of nitrogens with one attached hydrogen (secondary N) is 1. The molecule has 9 heteroatoms. The molecule has 3 amide bonds. The lowest BCUT2D eigenvalue weighted by Gasteiger charge is -2.27. The SMILES string of the molecule is CC(=O)N[C@H]1CC[C@@H](C(=O)N(C)Cc2cnn(-c3ccc(F)cc3)c2)CN(C(C)=O)C1. The van der Waals surface area contributed by atoms with E-state index < -0.39 is 0 Å². The maximum absolute atomic E-state index is 13.1. The topological polar surface area (TPSA) is 87.5 Å². The number of halogens is 1. The highest BCUT2D eigenvalue weighted by molar-refractivity contribution is 5.80. The van der Waals surface area contributed by atoms with Crippen molar-refractivity contribution in [2.45, 2.75) is 39.3 Å². The summed E-state index contributed by atoms with van der Waals surface area (Å²) in [6.45, 7) is 4.04. The number of amides is 3. The summed E-state index contributed by atoms with van der Waals surface area (Å²) in [4.78, 5) is 39.8. The van der Waals surface area contributed by atoms with Gasteiger partial charge in [0, 0.05) is 58.3 Å². The number of rotatable bonds is 5. The largest absolute Gasteiger partial charge is 0.352 e. The summed E-state index contributed by atoms with van der Waals surface area (Å²) < 4.78 is 14.8. The van der Waals surface area contributed by atoms with E-state index in [4.69, 9.17) is 0 Å². The molecular weight excluding hydrogens is 401 g/mol. The second-order valence-electron chi connectivity index (χ2n) is 8.06. The summed E-state index contributed by atoms with van der Waals surface area (Å²) in [5.41, 5.74) is 1.57. The second-order valence-corrected chi connectivity index (χ2v) is 8.06. The van der Waals surface area contributed by atoms with E-state index in [0.29, 0.717) is 32.5 Å². The van der Waals surface area contributed by atoms with Crippen molar-refractivity contribution < 1.29 is 18.8 Å². The van der Waals surface area contributed by atoms with Crippen molar-refractivity contribution in [3.63, 3.8) is 0 Å². The third-order valence-corrected chi connectivity index (χ3v) is 5.47. The molecule has 31 heavy (non-hydrogen) atoms. The van der Waals surface area contributed by atoms with Crippen LogP contribution in [0.5, 0.6) is 0 Å².